The Labute approximate surface area is 128 Å². The molecule has 118 valence electrons. The summed E-state index contributed by atoms with van der Waals surface area (Å²) in [7, 11) is -3.15. The monoisotopic (exact) mass is 333 g/mol. The van der Waals surface area contributed by atoms with Crippen molar-refractivity contribution in [1.29, 1.82) is 0 Å². The summed E-state index contributed by atoms with van der Waals surface area (Å²) in [6.07, 6.45) is 0. The molecule has 1 fully saturated rings. The van der Waals surface area contributed by atoms with Crippen LogP contribution in [-0.2, 0) is 16.4 Å². The van der Waals surface area contributed by atoms with E-state index < -0.39 is 21.2 Å². The Morgan fingerprint density at radius 3 is 2.86 bits per heavy atom. The number of hydrogen-bond acceptors (Lipinski definition) is 6. The number of aromatic carboxylic acids is 1. The van der Waals surface area contributed by atoms with Gasteiger partial charge in [-0.3, -0.25) is 4.90 Å². The lowest BCUT2D eigenvalue weighted by molar-refractivity contribution is 0.0661. The number of thioether (sulfide) groups is 1. The molecule has 0 amide bonds. The van der Waals surface area contributed by atoms with Crippen molar-refractivity contribution in [3.63, 3.8) is 0 Å². The lowest BCUT2D eigenvalue weighted by atomic mass is 10.2. The first-order chi connectivity index (χ1) is 9.85. The van der Waals surface area contributed by atoms with E-state index in [0.29, 0.717) is 24.6 Å². The highest BCUT2D eigenvalue weighted by molar-refractivity contribution is 8.01. The first-order valence-corrected chi connectivity index (χ1v) is 9.58. The van der Waals surface area contributed by atoms with Gasteiger partial charge in [-0.15, -0.1) is 0 Å². The van der Waals surface area contributed by atoms with Crippen LogP contribution in [0.4, 0.5) is 0 Å². The first kappa shape index (κ1) is 16.4. The number of nitrogens with zero attached hydrogens (tertiary/aromatic N) is 1. The van der Waals surface area contributed by atoms with Gasteiger partial charge in [-0.2, -0.15) is 11.8 Å². The van der Waals surface area contributed by atoms with Crippen molar-refractivity contribution in [2.45, 2.75) is 25.8 Å². The van der Waals surface area contributed by atoms with E-state index in [0.717, 1.165) is 11.3 Å². The molecule has 1 N–H and O–H groups in total. The van der Waals surface area contributed by atoms with E-state index in [1.54, 1.807) is 25.6 Å². The first-order valence-electron chi connectivity index (χ1n) is 6.71. The zero-order valence-corrected chi connectivity index (χ0v) is 13.7. The summed E-state index contributed by atoms with van der Waals surface area (Å²) < 4.78 is 29.5. The molecule has 2 rings (SSSR count). The van der Waals surface area contributed by atoms with Crippen LogP contribution >= 0.6 is 11.8 Å². The molecule has 1 aliphatic rings. The molecule has 0 aromatic carbocycles. The van der Waals surface area contributed by atoms with Crippen molar-refractivity contribution in [3.05, 3.63) is 23.2 Å². The molecule has 6 nitrogen and oxygen atoms in total. The fourth-order valence-electron chi connectivity index (χ4n) is 2.32. The molecule has 21 heavy (non-hydrogen) atoms. The fourth-order valence-corrected chi connectivity index (χ4v) is 5.40. The summed E-state index contributed by atoms with van der Waals surface area (Å²) in [4.78, 5) is 12.8. The Morgan fingerprint density at radius 1 is 1.57 bits per heavy atom. The predicted molar refractivity (Wildman–Crippen MR) is 81.4 cm³/mol. The lowest BCUT2D eigenvalue weighted by Gasteiger charge is -2.34. The number of furan rings is 1. The zero-order chi connectivity index (χ0) is 15.6. The van der Waals surface area contributed by atoms with Crippen molar-refractivity contribution >= 4 is 27.6 Å². The van der Waals surface area contributed by atoms with Crippen LogP contribution in [0, 0.1) is 6.92 Å². The maximum atomic E-state index is 12.2. The molecule has 1 aromatic heterocycles. The quantitative estimate of drug-likeness (QED) is 0.875. The Kier molecular flexibility index (Phi) is 5.00. The van der Waals surface area contributed by atoms with Gasteiger partial charge in [0.15, 0.2) is 9.84 Å². The molecular formula is C13H19NO5S2. The van der Waals surface area contributed by atoms with Gasteiger partial charge in [0, 0.05) is 35.9 Å². The normalized spacial score (nSPS) is 20.6. The second kappa shape index (κ2) is 6.41. The molecule has 1 aromatic rings. The van der Waals surface area contributed by atoms with E-state index in [1.165, 1.54) is 6.07 Å². The smallest absolute Gasteiger partial charge is 0.371 e. The number of sulfone groups is 1. The van der Waals surface area contributed by atoms with Gasteiger partial charge in [0.1, 0.15) is 11.1 Å². The SMILES string of the molecule is CCS(=O)(=O)C1CSCCN1Cc1cc(C(=O)O)oc1C. The van der Waals surface area contributed by atoms with Crippen LogP contribution in [0.1, 0.15) is 28.8 Å². The fraction of sp³-hybridized carbons (Fsp3) is 0.615. The number of carboxylic acids is 1. The average Bonchev–Trinajstić information content (AvgIpc) is 2.81. The van der Waals surface area contributed by atoms with Crippen LogP contribution in [0.25, 0.3) is 0 Å². The number of hydrogen-bond donors (Lipinski definition) is 1. The van der Waals surface area contributed by atoms with Crippen molar-refractivity contribution < 1.29 is 22.7 Å². The Bertz CT molecular complexity index is 623. The van der Waals surface area contributed by atoms with Crippen LogP contribution in [0.15, 0.2) is 10.5 Å². The van der Waals surface area contributed by atoms with Crippen molar-refractivity contribution in [3.8, 4) is 0 Å². The van der Waals surface area contributed by atoms with Gasteiger partial charge >= 0.3 is 5.97 Å². The van der Waals surface area contributed by atoms with Crippen LogP contribution in [0.5, 0.6) is 0 Å². The molecule has 0 spiro atoms. The number of rotatable bonds is 5. The third-order valence-corrected chi connectivity index (χ3v) is 6.94. The summed E-state index contributed by atoms with van der Waals surface area (Å²) in [5, 5.41) is 8.43. The third kappa shape index (κ3) is 3.61. The van der Waals surface area contributed by atoms with Gasteiger partial charge in [-0.1, -0.05) is 6.92 Å². The zero-order valence-electron chi connectivity index (χ0n) is 12.0. The van der Waals surface area contributed by atoms with E-state index in [-0.39, 0.29) is 11.5 Å². The van der Waals surface area contributed by atoms with Crippen molar-refractivity contribution in [2.75, 3.05) is 23.8 Å². The second-order valence-corrected chi connectivity index (χ2v) is 8.55. The molecule has 0 saturated carbocycles. The maximum absolute atomic E-state index is 12.2. The molecular weight excluding hydrogens is 314 g/mol. The van der Waals surface area contributed by atoms with Gasteiger partial charge in [0.25, 0.3) is 0 Å². The summed E-state index contributed by atoms with van der Waals surface area (Å²) in [5.41, 5.74) is 0.732. The lowest BCUT2D eigenvalue weighted by Crippen LogP contribution is -2.47. The van der Waals surface area contributed by atoms with E-state index in [1.807, 2.05) is 4.90 Å². The van der Waals surface area contributed by atoms with Gasteiger partial charge in [-0.05, 0) is 13.0 Å². The van der Waals surface area contributed by atoms with Crippen LogP contribution in [0.3, 0.4) is 0 Å². The molecule has 0 radical (unpaired) electrons. The predicted octanol–water partition coefficient (Wildman–Crippen LogP) is 1.60. The van der Waals surface area contributed by atoms with Gasteiger partial charge < -0.3 is 9.52 Å². The average molecular weight is 333 g/mol. The Hall–Kier alpha value is -0.990. The minimum atomic E-state index is -3.15. The third-order valence-electron chi connectivity index (χ3n) is 3.61. The number of carbonyl (C=O) groups is 1. The van der Waals surface area contributed by atoms with E-state index in [2.05, 4.69) is 0 Å². The summed E-state index contributed by atoms with van der Waals surface area (Å²) in [5.74, 6) is 0.842. The van der Waals surface area contributed by atoms with Gasteiger partial charge in [-0.25, -0.2) is 13.2 Å². The molecule has 1 saturated heterocycles. The van der Waals surface area contributed by atoms with Crippen molar-refractivity contribution in [2.24, 2.45) is 0 Å². The highest BCUT2D eigenvalue weighted by Crippen LogP contribution is 2.25. The minimum Gasteiger partial charge on any atom is -0.475 e. The van der Waals surface area contributed by atoms with Gasteiger partial charge in [0.05, 0.1) is 0 Å². The number of carboxylic acid groups (broad SMARTS) is 1. The molecule has 1 atom stereocenters. The van der Waals surface area contributed by atoms with Gasteiger partial charge in [0.2, 0.25) is 5.76 Å². The summed E-state index contributed by atoms with van der Waals surface area (Å²) in [6.45, 7) is 4.41. The van der Waals surface area contributed by atoms with E-state index >= 15 is 0 Å². The largest absolute Gasteiger partial charge is 0.475 e. The highest BCUT2D eigenvalue weighted by atomic mass is 32.2. The minimum absolute atomic E-state index is 0.108. The molecule has 0 bridgehead atoms. The van der Waals surface area contributed by atoms with Crippen molar-refractivity contribution in [1.82, 2.24) is 4.90 Å². The molecule has 8 heteroatoms. The van der Waals surface area contributed by atoms with E-state index in [4.69, 9.17) is 9.52 Å². The Morgan fingerprint density at radius 2 is 2.29 bits per heavy atom. The standard InChI is InChI=1S/C13H19NO5S2/c1-3-21(17,18)12-8-20-5-4-14(12)7-10-6-11(13(15)16)19-9(10)2/h6,12H,3-5,7-8H2,1-2H3,(H,15,16). The van der Waals surface area contributed by atoms with Crippen LogP contribution < -0.4 is 0 Å². The molecule has 1 aliphatic heterocycles. The number of aryl methyl sites for hydroxylation is 1. The van der Waals surface area contributed by atoms with E-state index in [9.17, 15) is 13.2 Å². The van der Waals surface area contributed by atoms with Crippen LogP contribution in [-0.4, -0.2) is 53.6 Å². The molecule has 0 aliphatic carbocycles. The summed E-state index contributed by atoms with van der Waals surface area (Å²) in [6, 6.07) is 1.48. The maximum Gasteiger partial charge on any atom is 0.371 e. The Balaban J connectivity index is 2.22. The highest BCUT2D eigenvalue weighted by Gasteiger charge is 2.33. The van der Waals surface area contributed by atoms with Crippen LogP contribution in [0.2, 0.25) is 0 Å². The summed E-state index contributed by atoms with van der Waals surface area (Å²) >= 11 is 1.64. The topological polar surface area (TPSA) is 87.8 Å². The molecule has 1 unspecified atom stereocenters. The molecule has 2 heterocycles. The second-order valence-electron chi connectivity index (χ2n) is 4.95.